The second-order valence-corrected chi connectivity index (χ2v) is 6.67. The van der Waals surface area contributed by atoms with E-state index in [1.165, 1.54) is 5.56 Å². The third-order valence-electron chi connectivity index (χ3n) is 4.01. The quantitative estimate of drug-likeness (QED) is 0.812. The summed E-state index contributed by atoms with van der Waals surface area (Å²) in [6.07, 6.45) is 0.111. The molecule has 0 N–H and O–H groups in total. The first kappa shape index (κ1) is 14.5. The van der Waals surface area contributed by atoms with Crippen molar-refractivity contribution in [2.24, 2.45) is 11.3 Å². The topological polar surface area (TPSA) is 18.5 Å². The zero-order valence-corrected chi connectivity index (χ0v) is 12.7. The second-order valence-electron chi connectivity index (χ2n) is 6.67. The Bertz CT molecular complexity index is 397. The summed E-state index contributed by atoms with van der Waals surface area (Å²) in [5.74, 6) is 0.767. The summed E-state index contributed by atoms with van der Waals surface area (Å²) in [4.78, 5) is 0. The fourth-order valence-corrected chi connectivity index (χ4v) is 2.98. The van der Waals surface area contributed by atoms with Crippen LogP contribution in [0, 0.1) is 11.3 Å². The smallest absolute Gasteiger partial charge is 0.164 e. The molecule has 0 saturated carbocycles. The Morgan fingerprint density at radius 3 is 2.32 bits per heavy atom. The van der Waals surface area contributed by atoms with Gasteiger partial charge in [0.25, 0.3) is 0 Å². The molecule has 1 aromatic rings. The normalized spacial score (nSPS) is 28.3. The van der Waals surface area contributed by atoms with Crippen molar-refractivity contribution in [3.05, 3.63) is 35.9 Å². The maximum absolute atomic E-state index is 6.26. The second kappa shape index (κ2) is 5.64. The highest BCUT2D eigenvalue weighted by molar-refractivity contribution is 5.19. The lowest BCUT2D eigenvalue weighted by molar-refractivity contribution is -0.275. The highest BCUT2D eigenvalue weighted by Gasteiger charge is 2.41. The molecule has 1 aliphatic rings. The Kier molecular flexibility index (Phi) is 4.32. The first-order valence-electron chi connectivity index (χ1n) is 7.24. The van der Waals surface area contributed by atoms with Crippen molar-refractivity contribution in [1.82, 2.24) is 0 Å². The monoisotopic (exact) mass is 262 g/mol. The van der Waals surface area contributed by atoms with Gasteiger partial charge in [-0.3, -0.25) is 0 Å². The van der Waals surface area contributed by atoms with Gasteiger partial charge in [-0.25, -0.2) is 0 Å². The van der Waals surface area contributed by atoms with Crippen molar-refractivity contribution in [3.63, 3.8) is 0 Å². The highest BCUT2D eigenvalue weighted by Crippen LogP contribution is 2.38. The lowest BCUT2D eigenvalue weighted by Gasteiger charge is -2.45. The lowest BCUT2D eigenvalue weighted by atomic mass is 9.80. The Morgan fingerprint density at radius 2 is 1.74 bits per heavy atom. The summed E-state index contributed by atoms with van der Waals surface area (Å²) in [5, 5.41) is 0. The number of benzene rings is 1. The molecule has 1 fully saturated rings. The maximum atomic E-state index is 6.26. The van der Waals surface area contributed by atoms with Crippen LogP contribution in [-0.2, 0) is 9.47 Å². The molecule has 1 aromatic carbocycles. The van der Waals surface area contributed by atoms with Gasteiger partial charge >= 0.3 is 0 Å². The van der Waals surface area contributed by atoms with Crippen LogP contribution in [0.1, 0.15) is 46.1 Å². The van der Waals surface area contributed by atoms with Crippen LogP contribution >= 0.6 is 0 Å². The Labute approximate surface area is 117 Å². The first-order chi connectivity index (χ1) is 8.92. The van der Waals surface area contributed by atoms with Crippen LogP contribution in [0.4, 0.5) is 0 Å². The number of hydrogen-bond acceptors (Lipinski definition) is 2. The molecule has 0 unspecified atom stereocenters. The van der Waals surface area contributed by atoms with E-state index in [1.807, 2.05) is 6.07 Å². The van der Waals surface area contributed by atoms with Crippen molar-refractivity contribution < 1.29 is 9.47 Å². The van der Waals surface area contributed by atoms with Gasteiger partial charge in [-0.05, 0) is 11.5 Å². The molecule has 106 valence electrons. The van der Waals surface area contributed by atoms with Gasteiger partial charge in [0.1, 0.15) is 0 Å². The molecule has 1 aliphatic heterocycles. The van der Waals surface area contributed by atoms with Gasteiger partial charge in [-0.15, -0.1) is 0 Å². The van der Waals surface area contributed by atoms with Gasteiger partial charge in [0.15, 0.2) is 6.29 Å². The third kappa shape index (κ3) is 3.18. The van der Waals surface area contributed by atoms with E-state index >= 15 is 0 Å². The molecule has 0 spiro atoms. The zero-order valence-electron chi connectivity index (χ0n) is 12.7. The van der Waals surface area contributed by atoms with Crippen LogP contribution in [-0.4, -0.2) is 19.0 Å². The highest BCUT2D eigenvalue weighted by atomic mass is 16.7. The molecule has 19 heavy (non-hydrogen) atoms. The Balaban J connectivity index is 2.11. The van der Waals surface area contributed by atoms with Gasteiger partial charge in [-0.1, -0.05) is 65.0 Å². The van der Waals surface area contributed by atoms with Crippen molar-refractivity contribution in [2.75, 3.05) is 6.61 Å². The molecule has 0 amide bonds. The average molecular weight is 262 g/mol. The van der Waals surface area contributed by atoms with E-state index in [4.69, 9.17) is 9.47 Å². The van der Waals surface area contributed by atoms with Crippen LogP contribution in [0.25, 0.3) is 0 Å². The third-order valence-corrected chi connectivity index (χ3v) is 4.01. The summed E-state index contributed by atoms with van der Waals surface area (Å²) in [6, 6.07) is 10.5. The number of ether oxygens (including phenoxy) is 2. The molecule has 0 radical (unpaired) electrons. The van der Waals surface area contributed by atoms with Crippen molar-refractivity contribution in [1.29, 1.82) is 0 Å². The van der Waals surface area contributed by atoms with E-state index in [1.54, 1.807) is 0 Å². The van der Waals surface area contributed by atoms with Crippen molar-refractivity contribution in [2.45, 2.75) is 52.9 Å². The summed E-state index contributed by atoms with van der Waals surface area (Å²) in [6.45, 7) is 11.8. The van der Waals surface area contributed by atoms with Gasteiger partial charge in [0.05, 0.1) is 12.7 Å². The minimum atomic E-state index is -0.136. The Hall–Kier alpha value is -0.860. The van der Waals surface area contributed by atoms with Gasteiger partial charge < -0.3 is 9.47 Å². The van der Waals surface area contributed by atoms with E-state index in [2.05, 4.69) is 58.9 Å². The lowest BCUT2D eigenvalue weighted by Crippen LogP contribution is -2.49. The van der Waals surface area contributed by atoms with Crippen molar-refractivity contribution in [3.8, 4) is 0 Å². The van der Waals surface area contributed by atoms with E-state index in [9.17, 15) is 0 Å². The predicted octanol–water partition coefficient (Wildman–Crippen LogP) is 4.21. The molecule has 0 aromatic heterocycles. The fourth-order valence-electron chi connectivity index (χ4n) is 2.98. The molecule has 2 heteroatoms. The van der Waals surface area contributed by atoms with E-state index < -0.39 is 0 Å². The van der Waals surface area contributed by atoms with Gasteiger partial charge in [0.2, 0.25) is 0 Å². The molecule has 1 heterocycles. The number of hydrogen-bond donors (Lipinski definition) is 0. The fraction of sp³-hybridized carbons (Fsp3) is 0.647. The molecule has 0 bridgehead atoms. The standard InChI is InChI=1S/C17H26O2/c1-12(2)15-17(4,5)11-18-16(19-15)13(3)14-9-7-6-8-10-14/h6-10,12-13,15-16H,11H2,1-5H3/t13-,15-,16+/m0/s1. The summed E-state index contributed by atoms with van der Waals surface area (Å²) in [5.41, 5.74) is 1.36. The van der Waals surface area contributed by atoms with Gasteiger partial charge in [-0.2, -0.15) is 0 Å². The summed E-state index contributed by atoms with van der Waals surface area (Å²) < 4.78 is 12.2. The molecular weight excluding hydrogens is 236 g/mol. The molecule has 0 aliphatic carbocycles. The van der Waals surface area contributed by atoms with Crippen LogP contribution in [0.3, 0.4) is 0 Å². The zero-order chi connectivity index (χ0) is 14.0. The molecule has 2 rings (SSSR count). The van der Waals surface area contributed by atoms with Crippen LogP contribution in [0.2, 0.25) is 0 Å². The summed E-state index contributed by atoms with van der Waals surface area (Å²) >= 11 is 0. The van der Waals surface area contributed by atoms with E-state index in [-0.39, 0.29) is 23.7 Å². The molecule has 3 atom stereocenters. The molecular formula is C17H26O2. The van der Waals surface area contributed by atoms with E-state index in [0.717, 1.165) is 6.61 Å². The summed E-state index contributed by atoms with van der Waals surface area (Å²) in [7, 11) is 0. The van der Waals surface area contributed by atoms with Crippen LogP contribution in [0.5, 0.6) is 0 Å². The largest absolute Gasteiger partial charge is 0.351 e. The number of rotatable bonds is 3. The van der Waals surface area contributed by atoms with Gasteiger partial charge in [0, 0.05) is 11.3 Å². The molecule has 2 nitrogen and oxygen atoms in total. The minimum Gasteiger partial charge on any atom is -0.351 e. The average Bonchev–Trinajstić information content (AvgIpc) is 2.38. The van der Waals surface area contributed by atoms with Crippen LogP contribution in [0.15, 0.2) is 30.3 Å². The SMILES string of the molecule is CC(C)[C@@H]1O[C@H]([C@@H](C)c2ccccc2)OCC1(C)C. The van der Waals surface area contributed by atoms with Crippen molar-refractivity contribution >= 4 is 0 Å². The first-order valence-corrected chi connectivity index (χ1v) is 7.24. The molecule has 1 saturated heterocycles. The van der Waals surface area contributed by atoms with E-state index in [0.29, 0.717) is 5.92 Å². The predicted molar refractivity (Wildman–Crippen MR) is 78.1 cm³/mol. The maximum Gasteiger partial charge on any atom is 0.164 e. The Morgan fingerprint density at radius 1 is 1.11 bits per heavy atom. The minimum absolute atomic E-state index is 0.0844. The van der Waals surface area contributed by atoms with Crippen LogP contribution < -0.4 is 0 Å².